The summed E-state index contributed by atoms with van der Waals surface area (Å²) in [5.41, 5.74) is 2.86. The van der Waals surface area contributed by atoms with Gasteiger partial charge in [0, 0.05) is 5.56 Å². The Labute approximate surface area is 222 Å². The van der Waals surface area contributed by atoms with Gasteiger partial charge in [-0.05, 0) is 60.0 Å². The minimum absolute atomic E-state index is 0.0228. The number of carbonyl (C=O) groups excluding carboxylic acids is 2. The summed E-state index contributed by atoms with van der Waals surface area (Å²) in [5.74, 6) is -0.177. The average Bonchev–Trinajstić information content (AvgIpc) is 3.49. The second-order valence-electron chi connectivity index (χ2n) is 8.95. The van der Waals surface area contributed by atoms with Gasteiger partial charge in [0.15, 0.2) is 16.6 Å². The first kappa shape index (κ1) is 24.0. The number of hydrogen-bond acceptors (Lipinski definition) is 8. The molecular formula is C29H24N2O6S. The lowest BCUT2D eigenvalue weighted by Gasteiger charge is -2.23. The molecule has 3 aromatic carbocycles. The molecule has 1 aromatic heterocycles. The lowest BCUT2D eigenvalue weighted by molar-refractivity contribution is -0.132. The number of rotatable bonds is 5. The molecule has 0 radical (unpaired) electrons. The predicted molar refractivity (Wildman–Crippen MR) is 144 cm³/mol. The van der Waals surface area contributed by atoms with Crippen LogP contribution in [0.15, 0.2) is 66.2 Å². The van der Waals surface area contributed by atoms with Crippen LogP contribution in [0, 0.1) is 0 Å². The SMILES string of the molecule is CCc1ccc2nc(N3C(=O)C(=O)/C(=C(/O)c4ccc5c(c4)OCCO5)C3c3ccc(OC)cc3)sc2c1. The molecule has 0 saturated carbocycles. The van der Waals surface area contributed by atoms with Gasteiger partial charge in [0.25, 0.3) is 5.78 Å². The first-order valence-electron chi connectivity index (χ1n) is 12.2. The smallest absolute Gasteiger partial charge is 0.301 e. The molecule has 1 atom stereocenters. The molecule has 3 heterocycles. The average molecular weight is 529 g/mol. The zero-order valence-electron chi connectivity index (χ0n) is 20.8. The number of aliphatic hydroxyl groups excluding tert-OH is 1. The number of methoxy groups -OCH3 is 1. The maximum Gasteiger partial charge on any atom is 0.301 e. The second kappa shape index (κ2) is 9.50. The van der Waals surface area contributed by atoms with Gasteiger partial charge < -0.3 is 19.3 Å². The van der Waals surface area contributed by atoms with Gasteiger partial charge in [0.1, 0.15) is 24.7 Å². The summed E-state index contributed by atoms with van der Waals surface area (Å²) >= 11 is 1.34. The number of aryl methyl sites for hydroxylation is 1. The summed E-state index contributed by atoms with van der Waals surface area (Å²) in [6, 6.07) is 17.1. The molecule has 192 valence electrons. The molecule has 1 fully saturated rings. The van der Waals surface area contributed by atoms with Gasteiger partial charge in [-0.15, -0.1) is 0 Å². The number of thiazole rings is 1. The molecule has 0 aliphatic carbocycles. The van der Waals surface area contributed by atoms with E-state index in [0.717, 1.165) is 22.2 Å². The zero-order valence-corrected chi connectivity index (χ0v) is 21.6. The summed E-state index contributed by atoms with van der Waals surface area (Å²) in [7, 11) is 1.56. The van der Waals surface area contributed by atoms with E-state index in [1.54, 1.807) is 49.6 Å². The molecule has 1 amide bonds. The molecule has 2 aliphatic rings. The van der Waals surface area contributed by atoms with Crippen LogP contribution in [-0.2, 0) is 16.0 Å². The number of Topliss-reactive ketones (excluding diaryl/α,β-unsaturated/α-hetero) is 1. The van der Waals surface area contributed by atoms with E-state index in [4.69, 9.17) is 19.2 Å². The van der Waals surface area contributed by atoms with Gasteiger partial charge in [-0.2, -0.15) is 0 Å². The predicted octanol–water partition coefficient (Wildman–Crippen LogP) is 5.26. The van der Waals surface area contributed by atoms with Gasteiger partial charge in [-0.25, -0.2) is 4.98 Å². The van der Waals surface area contributed by atoms with Crippen LogP contribution < -0.4 is 19.1 Å². The van der Waals surface area contributed by atoms with Crippen molar-refractivity contribution in [3.8, 4) is 17.2 Å². The van der Waals surface area contributed by atoms with Gasteiger partial charge in [-0.3, -0.25) is 14.5 Å². The fraction of sp³-hybridized carbons (Fsp3) is 0.207. The number of ether oxygens (including phenoxy) is 3. The minimum Gasteiger partial charge on any atom is -0.507 e. The Morgan fingerprint density at radius 3 is 2.55 bits per heavy atom. The first-order valence-corrected chi connectivity index (χ1v) is 13.0. The van der Waals surface area contributed by atoms with E-state index in [9.17, 15) is 14.7 Å². The zero-order chi connectivity index (χ0) is 26.4. The largest absolute Gasteiger partial charge is 0.507 e. The molecule has 1 unspecified atom stereocenters. The third-order valence-electron chi connectivity index (χ3n) is 6.75. The molecule has 6 rings (SSSR count). The number of carbonyl (C=O) groups is 2. The Morgan fingerprint density at radius 2 is 1.82 bits per heavy atom. The van der Waals surface area contributed by atoms with Gasteiger partial charge in [-0.1, -0.05) is 36.5 Å². The van der Waals surface area contributed by atoms with Crippen molar-refractivity contribution in [2.75, 3.05) is 25.2 Å². The van der Waals surface area contributed by atoms with Gasteiger partial charge in [0.05, 0.1) is 28.9 Å². The van der Waals surface area contributed by atoms with E-state index in [1.807, 2.05) is 18.2 Å². The summed E-state index contributed by atoms with van der Waals surface area (Å²) in [6.07, 6.45) is 0.870. The Bertz CT molecular complexity index is 1610. The van der Waals surface area contributed by atoms with Crippen LogP contribution in [-0.4, -0.2) is 42.1 Å². The molecule has 9 heteroatoms. The van der Waals surface area contributed by atoms with Crippen molar-refractivity contribution in [2.45, 2.75) is 19.4 Å². The third kappa shape index (κ3) is 3.95. The Kier molecular flexibility index (Phi) is 6.00. The maximum atomic E-state index is 13.5. The van der Waals surface area contributed by atoms with Crippen LogP contribution in [0.4, 0.5) is 5.13 Å². The Hall–Kier alpha value is -4.37. The summed E-state index contributed by atoms with van der Waals surface area (Å²) in [5, 5.41) is 11.8. The van der Waals surface area contributed by atoms with Gasteiger partial charge in [0.2, 0.25) is 0 Å². The molecule has 4 aromatic rings. The number of hydrogen-bond donors (Lipinski definition) is 1. The maximum absolute atomic E-state index is 13.5. The number of anilines is 1. The second-order valence-corrected chi connectivity index (χ2v) is 9.96. The first-order chi connectivity index (χ1) is 18.5. The highest BCUT2D eigenvalue weighted by Gasteiger charge is 2.48. The highest BCUT2D eigenvalue weighted by atomic mass is 32.1. The number of ketones is 1. The standard InChI is InChI=1S/C29H24N2O6S/c1-3-16-4-10-20-23(14-16)38-29(30-20)31-25(17-5-8-19(35-2)9-6-17)24(27(33)28(31)34)26(32)18-7-11-21-22(15-18)37-13-12-36-21/h4-11,14-15,25,32H,3,12-13H2,1-2H3/b26-24+. The molecule has 0 spiro atoms. The Morgan fingerprint density at radius 1 is 1.05 bits per heavy atom. The fourth-order valence-electron chi connectivity index (χ4n) is 4.76. The summed E-state index contributed by atoms with van der Waals surface area (Å²) < 4.78 is 17.5. The van der Waals surface area contributed by atoms with E-state index >= 15 is 0 Å². The van der Waals surface area contributed by atoms with Crippen molar-refractivity contribution < 1.29 is 28.9 Å². The quantitative estimate of drug-likeness (QED) is 0.214. The topological polar surface area (TPSA) is 98.2 Å². The number of nitrogens with zero attached hydrogens (tertiary/aromatic N) is 2. The normalized spacial score (nSPS) is 18.3. The lowest BCUT2D eigenvalue weighted by atomic mass is 9.95. The van der Waals surface area contributed by atoms with E-state index in [-0.39, 0.29) is 11.3 Å². The van der Waals surface area contributed by atoms with E-state index < -0.39 is 17.7 Å². The van der Waals surface area contributed by atoms with Crippen molar-refractivity contribution in [1.29, 1.82) is 0 Å². The lowest BCUT2D eigenvalue weighted by Crippen LogP contribution is -2.29. The molecular weight excluding hydrogens is 504 g/mol. The summed E-state index contributed by atoms with van der Waals surface area (Å²) in [4.78, 5) is 33.1. The molecule has 1 N–H and O–H groups in total. The number of fused-ring (bicyclic) bond motifs is 2. The van der Waals surface area contributed by atoms with Crippen LogP contribution in [0.1, 0.15) is 29.7 Å². The monoisotopic (exact) mass is 528 g/mol. The molecule has 8 nitrogen and oxygen atoms in total. The van der Waals surface area contributed by atoms with Crippen molar-refractivity contribution >= 4 is 44.1 Å². The summed E-state index contributed by atoms with van der Waals surface area (Å²) in [6.45, 7) is 2.89. The van der Waals surface area contributed by atoms with Crippen LogP contribution in [0.2, 0.25) is 0 Å². The highest BCUT2D eigenvalue weighted by molar-refractivity contribution is 7.22. The fourth-order valence-corrected chi connectivity index (χ4v) is 5.81. The number of aliphatic hydroxyl groups is 1. The van der Waals surface area contributed by atoms with E-state index in [1.165, 1.54) is 16.2 Å². The number of aromatic nitrogens is 1. The van der Waals surface area contributed by atoms with Crippen LogP contribution in [0.25, 0.3) is 16.0 Å². The molecule has 1 saturated heterocycles. The van der Waals surface area contributed by atoms with Crippen molar-refractivity contribution in [1.82, 2.24) is 4.98 Å². The number of amides is 1. The van der Waals surface area contributed by atoms with Crippen LogP contribution >= 0.6 is 11.3 Å². The van der Waals surface area contributed by atoms with Crippen molar-refractivity contribution in [3.05, 3.63) is 82.9 Å². The van der Waals surface area contributed by atoms with E-state index in [2.05, 4.69) is 6.92 Å². The molecule has 2 aliphatic heterocycles. The van der Waals surface area contributed by atoms with E-state index in [0.29, 0.717) is 46.7 Å². The number of benzene rings is 3. The molecule has 0 bridgehead atoms. The highest BCUT2D eigenvalue weighted by Crippen LogP contribution is 2.45. The third-order valence-corrected chi connectivity index (χ3v) is 7.76. The Balaban J connectivity index is 1.52. The van der Waals surface area contributed by atoms with Crippen molar-refractivity contribution in [3.63, 3.8) is 0 Å². The van der Waals surface area contributed by atoms with Crippen LogP contribution in [0.3, 0.4) is 0 Å². The van der Waals surface area contributed by atoms with Crippen LogP contribution in [0.5, 0.6) is 17.2 Å². The minimum atomic E-state index is -0.889. The molecule has 38 heavy (non-hydrogen) atoms. The van der Waals surface area contributed by atoms with Gasteiger partial charge >= 0.3 is 5.91 Å². The van der Waals surface area contributed by atoms with Crippen molar-refractivity contribution in [2.24, 2.45) is 0 Å².